The predicted octanol–water partition coefficient (Wildman–Crippen LogP) is 5.96. The normalized spacial score (nSPS) is 14.2. The Labute approximate surface area is 249 Å². The Morgan fingerprint density at radius 2 is 1.81 bits per heavy atom. The zero-order valence-electron chi connectivity index (χ0n) is 25.0. The van der Waals surface area contributed by atoms with Gasteiger partial charge in [-0.15, -0.1) is 0 Å². The van der Waals surface area contributed by atoms with E-state index in [0.717, 1.165) is 46.6 Å². The third-order valence-corrected chi connectivity index (χ3v) is 7.22. The molecule has 6 rings (SSSR count). The molecule has 1 amide bonds. The van der Waals surface area contributed by atoms with Crippen LogP contribution in [0.15, 0.2) is 55.2 Å². The van der Waals surface area contributed by atoms with E-state index in [2.05, 4.69) is 30.6 Å². The fourth-order valence-electron chi connectivity index (χ4n) is 5.02. The number of carbonyl (C=O) groups is 1. The third-order valence-electron chi connectivity index (χ3n) is 7.22. The van der Waals surface area contributed by atoms with Crippen molar-refractivity contribution in [2.45, 2.75) is 52.2 Å². The van der Waals surface area contributed by atoms with Crippen molar-refractivity contribution in [1.82, 2.24) is 34.4 Å². The van der Waals surface area contributed by atoms with Crippen LogP contribution >= 0.6 is 0 Å². The van der Waals surface area contributed by atoms with Crippen molar-refractivity contribution in [3.63, 3.8) is 0 Å². The summed E-state index contributed by atoms with van der Waals surface area (Å²) >= 11 is 0. The number of nitrogens with zero attached hydrogens (tertiary/aromatic N) is 7. The van der Waals surface area contributed by atoms with Gasteiger partial charge in [-0.05, 0) is 76.4 Å². The van der Waals surface area contributed by atoms with Crippen LogP contribution in [0.5, 0.6) is 11.5 Å². The number of ether oxygens (including phenoxy) is 2. The van der Waals surface area contributed by atoms with Crippen LogP contribution in [0.2, 0.25) is 0 Å². The highest BCUT2D eigenvalue weighted by Crippen LogP contribution is 2.31. The molecule has 1 aliphatic heterocycles. The average molecular weight is 582 g/mol. The Kier molecular flexibility index (Phi) is 7.43. The maximum absolute atomic E-state index is 12.4. The lowest BCUT2D eigenvalue weighted by molar-refractivity contribution is 0.0210. The number of imidazole rings is 1. The number of piperidine rings is 1. The van der Waals surface area contributed by atoms with Gasteiger partial charge in [-0.2, -0.15) is 0 Å². The van der Waals surface area contributed by atoms with Crippen molar-refractivity contribution in [2.75, 3.05) is 23.7 Å². The van der Waals surface area contributed by atoms with Crippen molar-refractivity contribution in [2.24, 2.45) is 7.05 Å². The summed E-state index contributed by atoms with van der Waals surface area (Å²) in [6.07, 6.45) is 6.22. The zero-order chi connectivity index (χ0) is 30.1. The number of benzene rings is 2. The number of aromatic nitrogens is 6. The van der Waals surface area contributed by atoms with Gasteiger partial charge in [0.15, 0.2) is 5.82 Å². The molecule has 5 aromatic rings. The van der Waals surface area contributed by atoms with E-state index in [1.807, 2.05) is 75.7 Å². The number of rotatable bonds is 6. The first kappa shape index (κ1) is 28.1. The molecule has 1 fully saturated rings. The average Bonchev–Trinajstić information content (AvgIpc) is 3.34. The molecule has 0 aliphatic carbocycles. The smallest absolute Gasteiger partial charge is 0.410 e. The van der Waals surface area contributed by atoms with Gasteiger partial charge in [0.25, 0.3) is 0 Å². The molecule has 0 radical (unpaired) electrons. The standard InChI is InChI=1S/C31H35N9O3/c1-19-14-21(6-9-26(19)42-22-7-8-25-23(15-22)35-18-39(25)5)36-28-27-24(33-17-34-28)16-32-29(38-27)37-20-10-12-40(13-11-20)30(41)43-31(2,3)4/h6-9,14-18,20H,10-13H2,1-5H3,(H,32,37,38)(H,33,34,36). The van der Waals surface area contributed by atoms with E-state index in [0.29, 0.717) is 35.9 Å². The van der Waals surface area contributed by atoms with E-state index in [9.17, 15) is 4.79 Å². The molecule has 12 nitrogen and oxygen atoms in total. The summed E-state index contributed by atoms with van der Waals surface area (Å²) in [5, 5.41) is 6.80. The van der Waals surface area contributed by atoms with E-state index in [-0.39, 0.29) is 12.1 Å². The van der Waals surface area contributed by atoms with Crippen LogP contribution in [0.25, 0.3) is 22.1 Å². The number of hydrogen-bond acceptors (Lipinski definition) is 10. The van der Waals surface area contributed by atoms with Gasteiger partial charge in [-0.25, -0.2) is 29.7 Å². The van der Waals surface area contributed by atoms with Gasteiger partial charge in [-0.1, -0.05) is 0 Å². The van der Waals surface area contributed by atoms with Gasteiger partial charge in [0.1, 0.15) is 34.5 Å². The van der Waals surface area contributed by atoms with Gasteiger partial charge in [-0.3, -0.25) is 0 Å². The van der Waals surface area contributed by atoms with E-state index < -0.39 is 5.60 Å². The molecule has 0 unspecified atom stereocenters. The number of anilines is 3. The number of amides is 1. The SMILES string of the molecule is Cc1cc(Nc2ncnc3cnc(NC4CCN(C(=O)OC(C)(C)C)CC4)nc23)ccc1Oc1ccc2c(c1)ncn2C. The second-order valence-corrected chi connectivity index (χ2v) is 11.7. The molecule has 1 aliphatic rings. The number of fused-ring (bicyclic) bond motifs is 2. The predicted molar refractivity (Wildman–Crippen MR) is 165 cm³/mol. The summed E-state index contributed by atoms with van der Waals surface area (Å²) in [6.45, 7) is 8.83. The summed E-state index contributed by atoms with van der Waals surface area (Å²) in [6, 6.07) is 11.9. The number of carbonyl (C=O) groups excluding carboxylic acids is 1. The summed E-state index contributed by atoms with van der Waals surface area (Å²) in [5.41, 5.74) is 4.45. The van der Waals surface area contributed by atoms with Gasteiger partial charge in [0.05, 0.1) is 23.6 Å². The van der Waals surface area contributed by atoms with E-state index in [4.69, 9.17) is 14.5 Å². The Balaban J connectivity index is 1.13. The maximum Gasteiger partial charge on any atom is 0.410 e. The molecule has 0 spiro atoms. The molecule has 2 aromatic carbocycles. The lowest BCUT2D eigenvalue weighted by atomic mass is 10.1. The maximum atomic E-state index is 12.4. The van der Waals surface area contributed by atoms with E-state index in [1.54, 1.807) is 17.4 Å². The van der Waals surface area contributed by atoms with Gasteiger partial charge < -0.3 is 29.6 Å². The third kappa shape index (κ3) is 6.42. The minimum atomic E-state index is -0.511. The fourth-order valence-corrected chi connectivity index (χ4v) is 5.02. The van der Waals surface area contributed by atoms with Crippen LogP contribution in [-0.2, 0) is 11.8 Å². The van der Waals surface area contributed by atoms with Gasteiger partial charge in [0.2, 0.25) is 5.95 Å². The lowest BCUT2D eigenvalue weighted by Gasteiger charge is -2.33. The summed E-state index contributed by atoms with van der Waals surface area (Å²) in [4.78, 5) is 36.6. The van der Waals surface area contributed by atoms with Crippen molar-refractivity contribution < 1.29 is 14.3 Å². The van der Waals surface area contributed by atoms with Crippen LogP contribution in [0.1, 0.15) is 39.2 Å². The van der Waals surface area contributed by atoms with Crippen LogP contribution in [0.3, 0.4) is 0 Å². The lowest BCUT2D eigenvalue weighted by Crippen LogP contribution is -2.44. The number of likely N-dealkylation sites (tertiary alicyclic amines) is 1. The molecule has 0 saturated carbocycles. The van der Waals surface area contributed by atoms with Crippen LogP contribution < -0.4 is 15.4 Å². The number of hydrogen-bond donors (Lipinski definition) is 2. The van der Waals surface area contributed by atoms with Crippen LogP contribution in [-0.4, -0.2) is 65.2 Å². The monoisotopic (exact) mass is 581 g/mol. The van der Waals surface area contributed by atoms with Crippen molar-refractivity contribution >= 4 is 45.6 Å². The molecular weight excluding hydrogens is 546 g/mol. The first-order chi connectivity index (χ1) is 20.6. The van der Waals surface area contributed by atoms with Crippen molar-refractivity contribution in [3.8, 4) is 11.5 Å². The Bertz CT molecular complexity index is 1790. The molecule has 43 heavy (non-hydrogen) atoms. The Morgan fingerprint density at radius 1 is 1.00 bits per heavy atom. The Hall–Kier alpha value is -5.00. The highest BCUT2D eigenvalue weighted by atomic mass is 16.6. The highest BCUT2D eigenvalue weighted by Gasteiger charge is 2.27. The van der Waals surface area contributed by atoms with E-state index >= 15 is 0 Å². The van der Waals surface area contributed by atoms with Crippen molar-refractivity contribution in [1.29, 1.82) is 0 Å². The first-order valence-corrected chi connectivity index (χ1v) is 14.3. The molecule has 222 valence electrons. The molecule has 3 aromatic heterocycles. The topological polar surface area (TPSA) is 132 Å². The fraction of sp³-hybridized carbons (Fsp3) is 0.355. The first-order valence-electron chi connectivity index (χ1n) is 14.3. The number of aryl methyl sites for hydroxylation is 2. The van der Waals surface area contributed by atoms with Crippen LogP contribution in [0, 0.1) is 6.92 Å². The molecule has 1 saturated heterocycles. The quantitative estimate of drug-likeness (QED) is 0.247. The second-order valence-electron chi connectivity index (χ2n) is 11.7. The van der Waals surface area contributed by atoms with Crippen molar-refractivity contribution in [3.05, 3.63) is 60.8 Å². The van der Waals surface area contributed by atoms with Crippen LogP contribution in [0.4, 0.5) is 22.2 Å². The molecule has 4 heterocycles. The van der Waals surface area contributed by atoms with Gasteiger partial charge >= 0.3 is 6.09 Å². The number of nitrogens with one attached hydrogen (secondary N) is 2. The molecule has 2 N–H and O–H groups in total. The Morgan fingerprint density at radius 3 is 2.58 bits per heavy atom. The molecule has 0 atom stereocenters. The molecule has 12 heteroatoms. The summed E-state index contributed by atoms with van der Waals surface area (Å²) in [5.74, 6) is 2.54. The molecule has 0 bridgehead atoms. The van der Waals surface area contributed by atoms with E-state index in [1.165, 1.54) is 6.33 Å². The summed E-state index contributed by atoms with van der Waals surface area (Å²) in [7, 11) is 1.97. The second kappa shape index (κ2) is 11.3. The minimum absolute atomic E-state index is 0.130. The zero-order valence-corrected chi connectivity index (χ0v) is 25.0. The minimum Gasteiger partial charge on any atom is -0.457 e. The largest absolute Gasteiger partial charge is 0.457 e. The summed E-state index contributed by atoms with van der Waals surface area (Å²) < 4.78 is 13.7. The molecular formula is C31H35N9O3. The highest BCUT2D eigenvalue weighted by molar-refractivity contribution is 5.87. The van der Waals surface area contributed by atoms with Gasteiger partial charge in [0, 0.05) is 37.9 Å².